The highest BCUT2D eigenvalue weighted by Crippen LogP contribution is 2.22. The van der Waals surface area contributed by atoms with Crippen LogP contribution in [-0.4, -0.2) is 52.7 Å². The number of rotatable bonds is 4. The number of nitro groups is 1. The number of likely N-dealkylation sites (tertiary alicyclic amines) is 2. The number of non-ortho nitro benzene ring substituents is 1. The second-order valence-electron chi connectivity index (χ2n) is 7.17. The molecule has 2 amide bonds. The van der Waals surface area contributed by atoms with Crippen LogP contribution in [0.1, 0.15) is 37.7 Å². The zero-order chi connectivity index (χ0) is 19.2. The number of nitro benzene ring substituents is 1. The molecular weight excluding hydrogens is 346 g/mol. The molecule has 0 bridgehead atoms. The van der Waals surface area contributed by atoms with Crippen LogP contribution in [0.2, 0.25) is 0 Å². The summed E-state index contributed by atoms with van der Waals surface area (Å²) in [6, 6.07) is 6.18. The van der Waals surface area contributed by atoms with Crippen molar-refractivity contribution in [3.05, 3.63) is 46.0 Å². The number of benzene rings is 1. The number of carbonyl (C=O) groups is 2. The van der Waals surface area contributed by atoms with Gasteiger partial charge in [-0.3, -0.25) is 19.7 Å². The zero-order valence-corrected chi connectivity index (χ0v) is 15.4. The van der Waals surface area contributed by atoms with Gasteiger partial charge in [-0.15, -0.1) is 0 Å². The summed E-state index contributed by atoms with van der Waals surface area (Å²) in [6.07, 6.45) is 7.83. The van der Waals surface area contributed by atoms with Crippen molar-refractivity contribution in [2.45, 2.75) is 32.1 Å². The first-order valence-corrected chi connectivity index (χ1v) is 9.55. The van der Waals surface area contributed by atoms with Crippen LogP contribution in [0.15, 0.2) is 30.3 Å². The summed E-state index contributed by atoms with van der Waals surface area (Å²) in [5.74, 6) is 0.146. The van der Waals surface area contributed by atoms with Crippen molar-refractivity contribution in [2.75, 3.05) is 26.2 Å². The van der Waals surface area contributed by atoms with Crippen LogP contribution < -0.4 is 0 Å². The van der Waals surface area contributed by atoms with Crippen LogP contribution in [0.5, 0.6) is 0 Å². The SMILES string of the molecule is O=C(C=Cc1cccc([N+](=O)[O-])c1)N1CCC(C(=O)N2CCCCC2)CC1. The lowest BCUT2D eigenvalue weighted by molar-refractivity contribution is -0.384. The first-order chi connectivity index (χ1) is 13.0. The molecule has 27 heavy (non-hydrogen) atoms. The zero-order valence-electron chi connectivity index (χ0n) is 15.4. The molecule has 0 N–H and O–H groups in total. The molecule has 0 saturated carbocycles. The fourth-order valence-corrected chi connectivity index (χ4v) is 3.73. The van der Waals surface area contributed by atoms with Gasteiger partial charge in [0.05, 0.1) is 4.92 Å². The third-order valence-corrected chi connectivity index (χ3v) is 5.32. The predicted molar refractivity (Wildman–Crippen MR) is 102 cm³/mol. The third kappa shape index (κ3) is 4.93. The van der Waals surface area contributed by atoms with Gasteiger partial charge in [-0.25, -0.2) is 0 Å². The van der Waals surface area contributed by atoms with Crippen molar-refractivity contribution in [3.8, 4) is 0 Å². The minimum absolute atomic E-state index is 0.00152. The smallest absolute Gasteiger partial charge is 0.270 e. The molecule has 3 rings (SSSR count). The normalized spacial score (nSPS) is 18.7. The summed E-state index contributed by atoms with van der Waals surface area (Å²) in [5, 5.41) is 10.8. The molecule has 2 saturated heterocycles. The topological polar surface area (TPSA) is 83.8 Å². The van der Waals surface area contributed by atoms with E-state index in [1.807, 2.05) is 4.90 Å². The monoisotopic (exact) mass is 371 g/mol. The standard InChI is InChI=1S/C20H25N3O4/c24-19(8-7-16-5-4-6-18(15-16)23(26)27)21-13-9-17(10-14-21)20(25)22-11-2-1-3-12-22/h4-8,15,17H,1-3,9-14H2. The maximum atomic E-state index is 12.6. The minimum atomic E-state index is -0.455. The highest BCUT2D eigenvalue weighted by Gasteiger charge is 2.30. The van der Waals surface area contributed by atoms with Crippen LogP contribution in [0.25, 0.3) is 6.08 Å². The molecule has 0 spiro atoms. The Morgan fingerprint density at radius 2 is 1.74 bits per heavy atom. The Morgan fingerprint density at radius 1 is 1.04 bits per heavy atom. The molecule has 2 fully saturated rings. The van der Waals surface area contributed by atoms with E-state index in [1.165, 1.54) is 24.6 Å². The average molecular weight is 371 g/mol. The third-order valence-electron chi connectivity index (χ3n) is 5.32. The van der Waals surface area contributed by atoms with Crippen LogP contribution in [0.4, 0.5) is 5.69 Å². The molecule has 2 aliphatic heterocycles. The van der Waals surface area contributed by atoms with Gasteiger partial charge in [-0.1, -0.05) is 12.1 Å². The Morgan fingerprint density at radius 3 is 2.41 bits per heavy atom. The fraction of sp³-hybridized carbons (Fsp3) is 0.500. The summed E-state index contributed by atoms with van der Waals surface area (Å²) in [6.45, 7) is 2.87. The number of hydrogen-bond acceptors (Lipinski definition) is 4. The molecule has 1 aromatic carbocycles. The van der Waals surface area contributed by atoms with Gasteiger partial charge in [0.25, 0.3) is 5.69 Å². The van der Waals surface area contributed by atoms with Gasteiger partial charge in [-0.2, -0.15) is 0 Å². The fourth-order valence-electron chi connectivity index (χ4n) is 3.73. The lowest BCUT2D eigenvalue weighted by Gasteiger charge is -2.35. The van der Waals surface area contributed by atoms with Crippen molar-refractivity contribution in [2.24, 2.45) is 5.92 Å². The number of piperidine rings is 2. The van der Waals surface area contributed by atoms with Crippen LogP contribution in [0.3, 0.4) is 0 Å². The van der Waals surface area contributed by atoms with Crippen LogP contribution >= 0.6 is 0 Å². The summed E-state index contributed by atoms with van der Waals surface area (Å²) >= 11 is 0. The maximum Gasteiger partial charge on any atom is 0.270 e. The van der Waals surface area contributed by atoms with Crippen molar-refractivity contribution in [1.29, 1.82) is 0 Å². The number of amides is 2. The van der Waals surface area contributed by atoms with Gasteiger partial charge in [0.2, 0.25) is 11.8 Å². The van der Waals surface area contributed by atoms with Gasteiger partial charge in [0.15, 0.2) is 0 Å². The second kappa shape index (κ2) is 8.79. The van der Waals surface area contributed by atoms with E-state index in [-0.39, 0.29) is 23.4 Å². The first-order valence-electron chi connectivity index (χ1n) is 9.55. The Kier molecular flexibility index (Phi) is 6.21. The molecule has 0 atom stereocenters. The van der Waals surface area contributed by atoms with E-state index >= 15 is 0 Å². The highest BCUT2D eigenvalue weighted by atomic mass is 16.6. The lowest BCUT2D eigenvalue weighted by atomic mass is 9.94. The molecule has 144 valence electrons. The molecule has 0 unspecified atom stereocenters. The predicted octanol–water partition coefficient (Wildman–Crippen LogP) is 2.86. The molecular formula is C20H25N3O4. The molecule has 1 aromatic rings. The highest BCUT2D eigenvalue weighted by molar-refractivity contribution is 5.92. The quantitative estimate of drug-likeness (QED) is 0.463. The van der Waals surface area contributed by atoms with Gasteiger partial charge in [-0.05, 0) is 43.7 Å². The van der Waals surface area contributed by atoms with Crippen LogP contribution in [-0.2, 0) is 9.59 Å². The Hall–Kier alpha value is -2.70. The lowest BCUT2D eigenvalue weighted by Crippen LogP contribution is -2.45. The van der Waals surface area contributed by atoms with E-state index in [2.05, 4.69) is 0 Å². The van der Waals surface area contributed by atoms with E-state index < -0.39 is 4.92 Å². The Balaban J connectivity index is 1.51. The molecule has 0 aliphatic carbocycles. The molecule has 0 radical (unpaired) electrons. The number of carbonyl (C=O) groups excluding carboxylic acids is 2. The van der Waals surface area contributed by atoms with Crippen molar-refractivity contribution < 1.29 is 14.5 Å². The summed E-state index contributed by atoms with van der Waals surface area (Å²) < 4.78 is 0. The number of hydrogen-bond donors (Lipinski definition) is 0. The number of nitrogens with zero attached hydrogens (tertiary/aromatic N) is 3. The molecule has 7 nitrogen and oxygen atoms in total. The van der Waals surface area contributed by atoms with Gasteiger partial charge in [0.1, 0.15) is 0 Å². The molecule has 2 heterocycles. The van der Waals surface area contributed by atoms with Crippen molar-refractivity contribution in [3.63, 3.8) is 0 Å². The van der Waals surface area contributed by atoms with E-state index in [1.54, 1.807) is 23.1 Å². The van der Waals surface area contributed by atoms with E-state index in [0.717, 1.165) is 25.9 Å². The van der Waals surface area contributed by atoms with Gasteiger partial charge >= 0.3 is 0 Å². The molecule has 7 heteroatoms. The average Bonchev–Trinajstić information content (AvgIpc) is 2.72. The van der Waals surface area contributed by atoms with E-state index in [0.29, 0.717) is 31.5 Å². The largest absolute Gasteiger partial charge is 0.342 e. The van der Waals surface area contributed by atoms with Crippen LogP contribution in [0, 0.1) is 16.0 Å². The summed E-state index contributed by atoms with van der Waals surface area (Å²) in [7, 11) is 0. The minimum Gasteiger partial charge on any atom is -0.342 e. The second-order valence-corrected chi connectivity index (χ2v) is 7.17. The van der Waals surface area contributed by atoms with Gasteiger partial charge in [0, 0.05) is 50.3 Å². The Labute approximate surface area is 158 Å². The van der Waals surface area contributed by atoms with E-state index in [4.69, 9.17) is 0 Å². The Bertz CT molecular complexity index is 732. The maximum absolute atomic E-state index is 12.6. The first kappa shape index (κ1) is 19.1. The molecule has 0 aromatic heterocycles. The summed E-state index contributed by atoms with van der Waals surface area (Å²) in [5.41, 5.74) is 0.620. The van der Waals surface area contributed by atoms with Gasteiger partial charge < -0.3 is 9.80 Å². The van der Waals surface area contributed by atoms with E-state index in [9.17, 15) is 19.7 Å². The molecule has 2 aliphatic rings. The van der Waals surface area contributed by atoms with Crippen molar-refractivity contribution >= 4 is 23.6 Å². The summed E-state index contributed by atoms with van der Waals surface area (Å²) in [4.78, 5) is 39.0. The van der Waals surface area contributed by atoms with Crippen molar-refractivity contribution in [1.82, 2.24) is 9.80 Å².